The zero-order valence-corrected chi connectivity index (χ0v) is 8.90. The molecule has 0 spiro atoms. The first-order valence-electron chi connectivity index (χ1n) is 4.99. The van der Waals surface area contributed by atoms with Gasteiger partial charge in [0.15, 0.2) is 0 Å². The molecule has 74 valence electrons. The van der Waals surface area contributed by atoms with Gasteiger partial charge in [0.1, 0.15) is 0 Å². The van der Waals surface area contributed by atoms with Crippen LogP contribution in [0.5, 0.6) is 0 Å². The summed E-state index contributed by atoms with van der Waals surface area (Å²) in [6, 6.07) is 2.19. The van der Waals surface area contributed by atoms with E-state index in [4.69, 9.17) is 0 Å². The minimum atomic E-state index is 0.142. The van der Waals surface area contributed by atoms with Gasteiger partial charge in [-0.3, -0.25) is 4.79 Å². The first kappa shape index (κ1) is 9.25. The minimum absolute atomic E-state index is 0.142. The summed E-state index contributed by atoms with van der Waals surface area (Å²) in [5.41, 5.74) is 6.14. The highest BCUT2D eigenvalue weighted by molar-refractivity contribution is 5.95. The molecule has 1 aliphatic rings. The molecule has 0 unspecified atom stereocenters. The maximum absolute atomic E-state index is 11.3. The molecule has 0 fully saturated rings. The lowest BCUT2D eigenvalue weighted by Gasteiger charge is -2.21. The van der Waals surface area contributed by atoms with E-state index in [1.807, 2.05) is 0 Å². The van der Waals surface area contributed by atoms with Crippen LogP contribution in [0.15, 0.2) is 6.07 Å². The molecule has 1 aromatic rings. The predicted octanol–water partition coefficient (Wildman–Crippen LogP) is 2.50. The van der Waals surface area contributed by atoms with Crippen molar-refractivity contribution in [3.63, 3.8) is 0 Å². The lowest BCUT2D eigenvalue weighted by Crippen LogP contribution is -2.20. The first-order chi connectivity index (χ1) is 6.59. The van der Waals surface area contributed by atoms with Gasteiger partial charge in [-0.15, -0.1) is 0 Å². The van der Waals surface area contributed by atoms with E-state index in [9.17, 15) is 4.79 Å². The van der Waals surface area contributed by atoms with Crippen LogP contribution in [-0.2, 0) is 11.2 Å². The molecule has 0 atom stereocenters. The Balaban J connectivity index is 2.60. The Hall–Kier alpha value is -1.31. The molecule has 0 bridgehead atoms. The fourth-order valence-corrected chi connectivity index (χ4v) is 1.99. The second-order valence-electron chi connectivity index (χ2n) is 4.03. The third-order valence-electron chi connectivity index (χ3n) is 3.13. The average Bonchev–Trinajstić information content (AvgIpc) is 2.16. The number of amides is 1. The molecule has 0 aliphatic carbocycles. The van der Waals surface area contributed by atoms with Gasteiger partial charge >= 0.3 is 0 Å². The Morgan fingerprint density at radius 2 is 1.86 bits per heavy atom. The summed E-state index contributed by atoms with van der Waals surface area (Å²) in [5.74, 6) is 0.142. The topological polar surface area (TPSA) is 29.1 Å². The SMILES string of the molecule is Cc1cc2c(c(C)c1C)NC(=O)CC2. The van der Waals surface area contributed by atoms with Crippen LogP contribution >= 0.6 is 0 Å². The number of benzene rings is 1. The highest BCUT2D eigenvalue weighted by atomic mass is 16.1. The van der Waals surface area contributed by atoms with Crippen molar-refractivity contribution >= 4 is 11.6 Å². The molecule has 0 saturated carbocycles. The quantitative estimate of drug-likeness (QED) is 0.667. The van der Waals surface area contributed by atoms with E-state index in [2.05, 4.69) is 32.2 Å². The van der Waals surface area contributed by atoms with Crippen molar-refractivity contribution in [3.05, 3.63) is 28.3 Å². The van der Waals surface area contributed by atoms with Gasteiger partial charge in [0.05, 0.1) is 0 Å². The summed E-state index contributed by atoms with van der Waals surface area (Å²) in [6.45, 7) is 6.30. The van der Waals surface area contributed by atoms with Crippen molar-refractivity contribution < 1.29 is 4.79 Å². The van der Waals surface area contributed by atoms with E-state index < -0.39 is 0 Å². The molecule has 1 aromatic carbocycles. The molecule has 1 amide bonds. The minimum Gasteiger partial charge on any atom is -0.326 e. The number of fused-ring (bicyclic) bond motifs is 1. The summed E-state index contributed by atoms with van der Waals surface area (Å²) < 4.78 is 0. The van der Waals surface area contributed by atoms with Crippen LogP contribution in [0.25, 0.3) is 0 Å². The lowest BCUT2D eigenvalue weighted by molar-refractivity contribution is -0.116. The largest absolute Gasteiger partial charge is 0.326 e. The highest BCUT2D eigenvalue weighted by Gasteiger charge is 2.18. The van der Waals surface area contributed by atoms with E-state index in [1.165, 1.54) is 22.3 Å². The number of nitrogens with one attached hydrogen (secondary N) is 1. The van der Waals surface area contributed by atoms with Crippen LogP contribution in [0.4, 0.5) is 5.69 Å². The summed E-state index contributed by atoms with van der Waals surface area (Å²) in [6.07, 6.45) is 1.50. The van der Waals surface area contributed by atoms with E-state index in [1.54, 1.807) is 0 Å². The molecule has 2 rings (SSSR count). The van der Waals surface area contributed by atoms with Crippen molar-refractivity contribution in [2.24, 2.45) is 0 Å². The van der Waals surface area contributed by atoms with Gasteiger partial charge in [-0.2, -0.15) is 0 Å². The summed E-state index contributed by atoms with van der Waals surface area (Å²) >= 11 is 0. The highest BCUT2D eigenvalue weighted by Crippen LogP contribution is 2.30. The molecular weight excluding hydrogens is 174 g/mol. The molecule has 2 heteroatoms. The van der Waals surface area contributed by atoms with Crippen molar-refractivity contribution in [1.82, 2.24) is 0 Å². The van der Waals surface area contributed by atoms with Gasteiger partial charge < -0.3 is 5.32 Å². The van der Waals surface area contributed by atoms with Crippen molar-refractivity contribution in [2.75, 3.05) is 5.32 Å². The standard InChI is InChI=1S/C12H15NO/c1-7-6-10-4-5-11(14)13-12(10)9(3)8(7)2/h6H,4-5H2,1-3H3,(H,13,14). The van der Waals surface area contributed by atoms with Crippen LogP contribution in [-0.4, -0.2) is 5.91 Å². The second-order valence-corrected chi connectivity index (χ2v) is 4.03. The summed E-state index contributed by atoms with van der Waals surface area (Å²) in [5, 5.41) is 2.96. The van der Waals surface area contributed by atoms with Gasteiger partial charge in [0.2, 0.25) is 5.91 Å². The molecule has 0 aromatic heterocycles. The Bertz CT molecular complexity index is 407. The van der Waals surface area contributed by atoms with Gasteiger partial charge in [-0.1, -0.05) is 6.07 Å². The van der Waals surface area contributed by atoms with Gasteiger partial charge in [0, 0.05) is 12.1 Å². The molecular formula is C12H15NO. The average molecular weight is 189 g/mol. The third kappa shape index (κ3) is 1.31. The number of hydrogen-bond donors (Lipinski definition) is 1. The molecule has 1 aliphatic heterocycles. The van der Waals surface area contributed by atoms with Crippen LogP contribution in [0.2, 0.25) is 0 Å². The van der Waals surface area contributed by atoms with E-state index >= 15 is 0 Å². The molecule has 14 heavy (non-hydrogen) atoms. The van der Waals surface area contributed by atoms with Crippen LogP contribution in [0.1, 0.15) is 28.7 Å². The fraction of sp³-hybridized carbons (Fsp3) is 0.417. The van der Waals surface area contributed by atoms with Crippen LogP contribution < -0.4 is 5.32 Å². The zero-order valence-electron chi connectivity index (χ0n) is 8.90. The summed E-state index contributed by atoms with van der Waals surface area (Å²) in [7, 11) is 0. The maximum Gasteiger partial charge on any atom is 0.224 e. The number of carbonyl (C=O) groups excluding carboxylic acids is 1. The Kier molecular flexibility index (Phi) is 2.06. The normalized spacial score (nSPS) is 14.9. The van der Waals surface area contributed by atoms with Crippen LogP contribution in [0.3, 0.4) is 0 Å². The lowest BCUT2D eigenvalue weighted by atomic mass is 9.93. The van der Waals surface area contributed by atoms with Gasteiger partial charge in [-0.25, -0.2) is 0 Å². The number of anilines is 1. The molecule has 0 saturated heterocycles. The van der Waals surface area contributed by atoms with E-state index in [-0.39, 0.29) is 5.91 Å². The molecule has 1 N–H and O–H groups in total. The van der Waals surface area contributed by atoms with Crippen molar-refractivity contribution in [2.45, 2.75) is 33.6 Å². The fourth-order valence-electron chi connectivity index (χ4n) is 1.99. The smallest absolute Gasteiger partial charge is 0.224 e. The second kappa shape index (κ2) is 3.12. The van der Waals surface area contributed by atoms with E-state index in [0.717, 1.165) is 12.1 Å². The Labute approximate surface area is 84.3 Å². The Morgan fingerprint density at radius 3 is 2.57 bits per heavy atom. The summed E-state index contributed by atoms with van der Waals surface area (Å²) in [4.78, 5) is 11.3. The third-order valence-corrected chi connectivity index (χ3v) is 3.13. The van der Waals surface area contributed by atoms with Crippen LogP contribution in [0, 0.1) is 20.8 Å². The molecule has 0 radical (unpaired) electrons. The predicted molar refractivity (Wildman–Crippen MR) is 57.6 cm³/mol. The Morgan fingerprint density at radius 1 is 1.14 bits per heavy atom. The van der Waals surface area contributed by atoms with Crippen molar-refractivity contribution in [3.8, 4) is 0 Å². The molecule has 2 nitrogen and oxygen atoms in total. The molecule has 1 heterocycles. The number of carbonyl (C=O) groups is 1. The zero-order chi connectivity index (χ0) is 10.3. The monoisotopic (exact) mass is 189 g/mol. The van der Waals surface area contributed by atoms with Gasteiger partial charge in [-0.05, 0) is 49.4 Å². The number of rotatable bonds is 0. The number of hydrogen-bond acceptors (Lipinski definition) is 1. The maximum atomic E-state index is 11.3. The first-order valence-corrected chi connectivity index (χ1v) is 4.99. The van der Waals surface area contributed by atoms with Crippen molar-refractivity contribution in [1.29, 1.82) is 0 Å². The van der Waals surface area contributed by atoms with E-state index in [0.29, 0.717) is 6.42 Å². The van der Waals surface area contributed by atoms with Gasteiger partial charge in [0.25, 0.3) is 0 Å². The number of aryl methyl sites for hydroxylation is 2.